The largest absolute Gasteiger partial charge is 0.490 e. The first-order valence-electron chi connectivity index (χ1n) is 6.60. The molecule has 1 aliphatic heterocycles. The molecule has 2 N–H and O–H groups in total. The van der Waals surface area contributed by atoms with E-state index in [9.17, 15) is 4.79 Å². The molecule has 0 radical (unpaired) electrons. The number of pyridine rings is 1. The smallest absolute Gasteiger partial charge is 0.248 e. The second-order valence-electron chi connectivity index (χ2n) is 4.72. The van der Waals surface area contributed by atoms with E-state index in [1.54, 1.807) is 12.1 Å². The van der Waals surface area contributed by atoms with Crippen LogP contribution in [-0.4, -0.2) is 24.2 Å². The third kappa shape index (κ3) is 3.83. The summed E-state index contributed by atoms with van der Waals surface area (Å²) in [6, 6.07) is 3.31. The SMILES string of the molecule is C=CC(=Cc1ccc(=O)[nH]c1C)OC1CCNCC1. The van der Waals surface area contributed by atoms with Crippen LogP contribution < -0.4 is 10.9 Å². The maximum absolute atomic E-state index is 11.2. The lowest BCUT2D eigenvalue weighted by molar-refractivity contribution is 0.0979. The van der Waals surface area contributed by atoms with Crippen LogP contribution in [0.15, 0.2) is 35.3 Å². The molecule has 102 valence electrons. The lowest BCUT2D eigenvalue weighted by Crippen LogP contribution is -2.32. The Kier molecular flexibility index (Phi) is 4.58. The maximum Gasteiger partial charge on any atom is 0.248 e. The van der Waals surface area contributed by atoms with E-state index in [4.69, 9.17) is 4.74 Å². The number of aromatic amines is 1. The zero-order valence-corrected chi connectivity index (χ0v) is 11.2. The first-order valence-corrected chi connectivity index (χ1v) is 6.60. The van der Waals surface area contributed by atoms with Crippen molar-refractivity contribution in [2.24, 2.45) is 0 Å². The Bertz CT molecular complexity index is 525. The van der Waals surface area contributed by atoms with Gasteiger partial charge in [-0.25, -0.2) is 0 Å². The van der Waals surface area contributed by atoms with Crippen LogP contribution in [0, 0.1) is 6.92 Å². The van der Waals surface area contributed by atoms with E-state index < -0.39 is 0 Å². The summed E-state index contributed by atoms with van der Waals surface area (Å²) in [5.41, 5.74) is 1.69. The average Bonchev–Trinajstić information content (AvgIpc) is 2.42. The number of aromatic nitrogens is 1. The molecule has 4 nitrogen and oxygen atoms in total. The summed E-state index contributed by atoms with van der Waals surface area (Å²) >= 11 is 0. The fourth-order valence-corrected chi connectivity index (χ4v) is 2.15. The molecule has 0 amide bonds. The van der Waals surface area contributed by atoms with Crippen molar-refractivity contribution in [2.45, 2.75) is 25.9 Å². The summed E-state index contributed by atoms with van der Waals surface area (Å²) in [6.07, 6.45) is 5.90. The molecular formula is C15H20N2O2. The van der Waals surface area contributed by atoms with Crippen molar-refractivity contribution in [3.8, 4) is 0 Å². The van der Waals surface area contributed by atoms with Crippen LogP contribution in [0.3, 0.4) is 0 Å². The van der Waals surface area contributed by atoms with Gasteiger partial charge in [0.1, 0.15) is 11.9 Å². The zero-order chi connectivity index (χ0) is 13.7. The number of nitrogens with one attached hydrogen (secondary N) is 2. The van der Waals surface area contributed by atoms with Crippen molar-refractivity contribution < 1.29 is 4.74 Å². The Balaban J connectivity index is 2.13. The van der Waals surface area contributed by atoms with Crippen molar-refractivity contribution in [1.29, 1.82) is 0 Å². The third-order valence-corrected chi connectivity index (χ3v) is 3.25. The van der Waals surface area contributed by atoms with Crippen molar-refractivity contribution >= 4 is 6.08 Å². The standard InChI is InChI=1S/C15H20N2O2/c1-3-13(19-14-6-8-16-9-7-14)10-12-4-5-15(18)17-11(12)2/h3-5,10,14,16H,1,6-9H2,2H3,(H,17,18). The van der Waals surface area contributed by atoms with Crippen molar-refractivity contribution in [3.05, 3.63) is 52.2 Å². The minimum Gasteiger partial charge on any atom is -0.490 e. The number of ether oxygens (including phenoxy) is 1. The van der Waals surface area contributed by atoms with Gasteiger partial charge in [-0.3, -0.25) is 4.79 Å². The number of rotatable bonds is 4. The van der Waals surface area contributed by atoms with Gasteiger partial charge in [0.05, 0.1) is 0 Å². The minimum atomic E-state index is -0.0888. The second kappa shape index (κ2) is 6.38. The predicted octanol–water partition coefficient (Wildman–Crippen LogP) is 1.98. The quantitative estimate of drug-likeness (QED) is 0.643. The molecule has 1 fully saturated rings. The first kappa shape index (κ1) is 13.6. The summed E-state index contributed by atoms with van der Waals surface area (Å²) in [7, 11) is 0. The van der Waals surface area contributed by atoms with E-state index >= 15 is 0 Å². The van der Waals surface area contributed by atoms with E-state index in [2.05, 4.69) is 16.9 Å². The van der Waals surface area contributed by atoms with Gasteiger partial charge in [-0.1, -0.05) is 6.58 Å². The van der Waals surface area contributed by atoms with Crippen molar-refractivity contribution in [3.63, 3.8) is 0 Å². The molecule has 2 rings (SSSR count). The van der Waals surface area contributed by atoms with Gasteiger partial charge in [-0.15, -0.1) is 0 Å². The number of hydrogen-bond donors (Lipinski definition) is 2. The molecule has 0 aliphatic carbocycles. The third-order valence-electron chi connectivity index (χ3n) is 3.25. The fourth-order valence-electron chi connectivity index (χ4n) is 2.15. The Hall–Kier alpha value is -1.81. The van der Waals surface area contributed by atoms with E-state index in [0.29, 0.717) is 0 Å². The van der Waals surface area contributed by atoms with Crippen LogP contribution in [0.1, 0.15) is 24.1 Å². The van der Waals surface area contributed by atoms with Crippen LogP contribution in [0.25, 0.3) is 6.08 Å². The molecular weight excluding hydrogens is 240 g/mol. The molecule has 0 unspecified atom stereocenters. The van der Waals surface area contributed by atoms with Crippen LogP contribution in [-0.2, 0) is 4.74 Å². The molecule has 0 bridgehead atoms. The van der Waals surface area contributed by atoms with Crippen LogP contribution in [0.5, 0.6) is 0 Å². The maximum atomic E-state index is 11.2. The average molecular weight is 260 g/mol. The van der Waals surface area contributed by atoms with Gasteiger partial charge in [-0.05, 0) is 56.6 Å². The highest BCUT2D eigenvalue weighted by Gasteiger charge is 2.14. The van der Waals surface area contributed by atoms with E-state index in [-0.39, 0.29) is 11.7 Å². The molecule has 1 aromatic rings. The van der Waals surface area contributed by atoms with Gasteiger partial charge < -0.3 is 15.0 Å². The normalized spacial score (nSPS) is 17.2. The summed E-state index contributed by atoms with van der Waals surface area (Å²) in [6.45, 7) is 7.65. The monoisotopic (exact) mass is 260 g/mol. The lowest BCUT2D eigenvalue weighted by atomic mass is 10.1. The summed E-state index contributed by atoms with van der Waals surface area (Å²) < 4.78 is 5.94. The highest BCUT2D eigenvalue weighted by molar-refractivity contribution is 5.55. The van der Waals surface area contributed by atoms with Gasteiger partial charge >= 0.3 is 0 Å². The molecule has 0 saturated carbocycles. The van der Waals surface area contributed by atoms with E-state index in [1.807, 2.05) is 13.0 Å². The highest BCUT2D eigenvalue weighted by atomic mass is 16.5. The van der Waals surface area contributed by atoms with Crippen LogP contribution in [0.4, 0.5) is 0 Å². The zero-order valence-electron chi connectivity index (χ0n) is 11.2. The Labute approximate surface area is 113 Å². The van der Waals surface area contributed by atoms with Crippen LogP contribution >= 0.6 is 0 Å². The van der Waals surface area contributed by atoms with Gasteiger partial charge in [0, 0.05) is 11.8 Å². The lowest BCUT2D eigenvalue weighted by Gasteiger charge is -2.24. The number of piperidine rings is 1. The number of H-pyrrole nitrogens is 1. The molecule has 1 saturated heterocycles. The number of aryl methyl sites for hydroxylation is 1. The Morgan fingerprint density at radius 3 is 2.79 bits per heavy atom. The van der Waals surface area contributed by atoms with Crippen LogP contribution in [0.2, 0.25) is 0 Å². The molecule has 1 aromatic heterocycles. The van der Waals surface area contributed by atoms with Crippen molar-refractivity contribution in [1.82, 2.24) is 10.3 Å². The van der Waals surface area contributed by atoms with Gasteiger partial charge in [-0.2, -0.15) is 0 Å². The summed E-state index contributed by atoms with van der Waals surface area (Å²) in [5.74, 6) is 0.752. The molecule has 4 heteroatoms. The molecule has 2 heterocycles. The molecule has 0 aromatic carbocycles. The Morgan fingerprint density at radius 1 is 1.42 bits per heavy atom. The van der Waals surface area contributed by atoms with Gasteiger partial charge in [0.2, 0.25) is 5.56 Å². The minimum absolute atomic E-state index is 0.0888. The fraction of sp³-hybridized carbons (Fsp3) is 0.400. The predicted molar refractivity (Wildman–Crippen MR) is 77.0 cm³/mol. The van der Waals surface area contributed by atoms with Crippen molar-refractivity contribution in [2.75, 3.05) is 13.1 Å². The first-order chi connectivity index (χ1) is 9.19. The Morgan fingerprint density at radius 2 is 2.16 bits per heavy atom. The summed E-state index contributed by atoms with van der Waals surface area (Å²) in [4.78, 5) is 14.0. The van der Waals surface area contributed by atoms with E-state index in [1.165, 1.54) is 6.07 Å². The molecule has 0 atom stereocenters. The number of allylic oxidation sites excluding steroid dienone is 1. The van der Waals surface area contributed by atoms with Gasteiger partial charge in [0.15, 0.2) is 0 Å². The topological polar surface area (TPSA) is 54.1 Å². The number of hydrogen-bond acceptors (Lipinski definition) is 3. The van der Waals surface area contributed by atoms with E-state index in [0.717, 1.165) is 42.9 Å². The van der Waals surface area contributed by atoms with Gasteiger partial charge in [0.25, 0.3) is 0 Å². The molecule has 1 aliphatic rings. The highest BCUT2D eigenvalue weighted by Crippen LogP contribution is 2.16. The second-order valence-corrected chi connectivity index (χ2v) is 4.72. The summed E-state index contributed by atoms with van der Waals surface area (Å²) in [5, 5.41) is 3.31. The molecule has 0 spiro atoms. The molecule has 19 heavy (non-hydrogen) atoms.